The van der Waals surface area contributed by atoms with Crippen LogP contribution in [0.3, 0.4) is 0 Å². The number of likely N-dealkylation sites (N-methyl/N-ethyl adjacent to an activating group) is 1. The van der Waals surface area contributed by atoms with Crippen molar-refractivity contribution in [1.82, 2.24) is 20.4 Å². The van der Waals surface area contributed by atoms with Crippen LogP contribution in [0.4, 0.5) is 4.79 Å². The number of hydrogen-bond acceptors (Lipinski definition) is 4. The standard InChI is InChI=1S/C17H33N5O2/c1-12(21(6)14-7-8-14)9-19-15(18-5)20-13-10-22(11-13)16(23)24-17(2,3)4/h12-14H,7-11H2,1-6H3,(H2,18,19,20). The lowest BCUT2D eigenvalue weighted by molar-refractivity contribution is 0.00700. The monoisotopic (exact) mass is 339 g/mol. The zero-order chi connectivity index (χ0) is 17.9. The average Bonchev–Trinajstić information content (AvgIpc) is 3.26. The molecule has 1 unspecified atom stereocenters. The summed E-state index contributed by atoms with van der Waals surface area (Å²) in [5.74, 6) is 0.792. The van der Waals surface area contributed by atoms with E-state index in [1.807, 2.05) is 20.8 Å². The van der Waals surface area contributed by atoms with E-state index in [-0.39, 0.29) is 12.1 Å². The Morgan fingerprint density at radius 3 is 2.50 bits per heavy atom. The molecule has 1 aliphatic carbocycles. The molecule has 0 aromatic heterocycles. The van der Waals surface area contributed by atoms with Crippen LogP contribution < -0.4 is 10.6 Å². The minimum Gasteiger partial charge on any atom is -0.444 e. The number of guanidine groups is 1. The molecule has 0 radical (unpaired) electrons. The van der Waals surface area contributed by atoms with E-state index in [1.54, 1.807) is 11.9 Å². The van der Waals surface area contributed by atoms with Crippen molar-refractivity contribution in [3.05, 3.63) is 0 Å². The second kappa shape index (κ2) is 7.59. The van der Waals surface area contributed by atoms with Gasteiger partial charge < -0.3 is 20.3 Å². The van der Waals surface area contributed by atoms with Crippen LogP contribution in [0.5, 0.6) is 0 Å². The van der Waals surface area contributed by atoms with Crippen molar-refractivity contribution in [2.24, 2.45) is 4.99 Å². The van der Waals surface area contributed by atoms with Crippen LogP contribution in [0.2, 0.25) is 0 Å². The van der Waals surface area contributed by atoms with Crippen molar-refractivity contribution in [2.45, 2.75) is 64.3 Å². The van der Waals surface area contributed by atoms with E-state index >= 15 is 0 Å². The highest BCUT2D eigenvalue weighted by Crippen LogP contribution is 2.26. The summed E-state index contributed by atoms with van der Waals surface area (Å²) >= 11 is 0. The second-order valence-electron chi connectivity index (χ2n) is 7.93. The summed E-state index contributed by atoms with van der Waals surface area (Å²) in [6.07, 6.45) is 2.38. The maximum absolute atomic E-state index is 11.9. The van der Waals surface area contributed by atoms with Crippen LogP contribution in [0, 0.1) is 0 Å². The number of likely N-dealkylation sites (tertiary alicyclic amines) is 1. The van der Waals surface area contributed by atoms with Gasteiger partial charge in [-0.15, -0.1) is 0 Å². The summed E-state index contributed by atoms with van der Waals surface area (Å²) < 4.78 is 5.36. The lowest BCUT2D eigenvalue weighted by atomic mass is 10.1. The van der Waals surface area contributed by atoms with Crippen molar-refractivity contribution in [3.63, 3.8) is 0 Å². The maximum Gasteiger partial charge on any atom is 0.410 e. The van der Waals surface area contributed by atoms with Crippen molar-refractivity contribution < 1.29 is 9.53 Å². The highest BCUT2D eigenvalue weighted by molar-refractivity contribution is 5.80. The van der Waals surface area contributed by atoms with Gasteiger partial charge in [0.15, 0.2) is 5.96 Å². The van der Waals surface area contributed by atoms with Crippen molar-refractivity contribution >= 4 is 12.1 Å². The van der Waals surface area contributed by atoms with E-state index in [0.29, 0.717) is 19.1 Å². The fourth-order valence-corrected chi connectivity index (χ4v) is 2.66. The number of nitrogens with one attached hydrogen (secondary N) is 2. The first-order valence-electron chi connectivity index (χ1n) is 8.86. The summed E-state index contributed by atoms with van der Waals surface area (Å²) in [5.41, 5.74) is -0.448. The lowest BCUT2D eigenvalue weighted by Crippen LogP contribution is -2.63. The number of aliphatic imine (C=N–C) groups is 1. The number of amides is 1. The van der Waals surface area contributed by atoms with Gasteiger partial charge in [0, 0.05) is 38.8 Å². The molecule has 1 amide bonds. The molecule has 1 aliphatic heterocycles. The average molecular weight is 339 g/mol. The van der Waals surface area contributed by atoms with Crippen molar-refractivity contribution in [1.29, 1.82) is 0 Å². The summed E-state index contributed by atoms with van der Waals surface area (Å²) in [6.45, 7) is 10.0. The van der Waals surface area contributed by atoms with Crippen LogP contribution in [-0.4, -0.2) is 79.3 Å². The number of carbonyl (C=O) groups excluding carboxylic acids is 1. The van der Waals surface area contributed by atoms with Gasteiger partial charge in [0.1, 0.15) is 5.60 Å². The molecule has 7 nitrogen and oxygen atoms in total. The minimum atomic E-state index is -0.448. The van der Waals surface area contributed by atoms with Crippen LogP contribution in [0.1, 0.15) is 40.5 Å². The maximum atomic E-state index is 11.9. The van der Waals surface area contributed by atoms with Crippen molar-refractivity contribution in [3.8, 4) is 0 Å². The first-order valence-corrected chi connectivity index (χ1v) is 8.86. The fourth-order valence-electron chi connectivity index (χ4n) is 2.66. The quantitative estimate of drug-likeness (QED) is 0.583. The number of rotatable bonds is 5. The fraction of sp³-hybridized carbons (Fsp3) is 0.882. The second-order valence-corrected chi connectivity index (χ2v) is 7.93. The Bertz CT molecular complexity index is 464. The molecule has 1 heterocycles. The van der Waals surface area contributed by atoms with Crippen LogP contribution in [0.15, 0.2) is 4.99 Å². The first-order chi connectivity index (χ1) is 11.2. The normalized spacial score (nSPS) is 20.6. The third-order valence-corrected chi connectivity index (χ3v) is 4.48. The Balaban J connectivity index is 1.66. The summed E-state index contributed by atoms with van der Waals surface area (Å²) in [4.78, 5) is 20.3. The van der Waals surface area contributed by atoms with E-state index in [9.17, 15) is 4.79 Å². The van der Waals surface area contributed by atoms with Gasteiger partial charge >= 0.3 is 6.09 Å². The molecule has 1 saturated carbocycles. The molecule has 0 bridgehead atoms. The van der Waals surface area contributed by atoms with Crippen LogP contribution in [-0.2, 0) is 4.74 Å². The molecule has 7 heteroatoms. The van der Waals surface area contributed by atoms with Gasteiger partial charge in [-0.1, -0.05) is 0 Å². The highest BCUT2D eigenvalue weighted by atomic mass is 16.6. The lowest BCUT2D eigenvalue weighted by Gasteiger charge is -2.40. The van der Waals surface area contributed by atoms with Crippen LogP contribution in [0.25, 0.3) is 0 Å². The smallest absolute Gasteiger partial charge is 0.410 e. The highest BCUT2D eigenvalue weighted by Gasteiger charge is 2.34. The topological polar surface area (TPSA) is 69.2 Å². The predicted octanol–water partition coefficient (Wildman–Crippen LogP) is 1.25. The molecule has 2 aliphatic rings. The number of nitrogens with zero attached hydrogens (tertiary/aromatic N) is 3. The summed E-state index contributed by atoms with van der Waals surface area (Å²) in [5, 5.41) is 6.74. The van der Waals surface area contributed by atoms with E-state index in [0.717, 1.165) is 18.5 Å². The third kappa shape index (κ3) is 5.54. The Hall–Kier alpha value is -1.50. The predicted molar refractivity (Wildman–Crippen MR) is 96.3 cm³/mol. The molecule has 0 aromatic rings. The molecule has 2 fully saturated rings. The molecule has 2 rings (SSSR count). The molecule has 0 aromatic carbocycles. The Labute approximate surface area is 145 Å². The Morgan fingerprint density at radius 2 is 2.00 bits per heavy atom. The Kier molecular flexibility index (Phi) is 5.96. The summed E-state index contributed by atoms with van der Waals surface area (Å²) in [6, 6.07) is 1.45. The molecule has 1 atom stereocenters. The number of carbonyl (C=O) groups is 1. The van der Waals surface area contributed by atoms with Crippen LogP contribution >= 0.6 is 0 Å². The number of hydrogen-bond donors (Lipinski definition) is 2. The third-order valence-electron chi connectivity index (χ3n) is 4.48. The van der Waals surface area contributed by atoms with Gasteiger partial charge in [0.2, 0.25) is 0 Å². The summed E-state index contributed by atoms with van der Waals surface area (Å²) in [7, 11) is 3.96. The van der Waals surface area contributed by atoms with Crippen molar-refractivity contribution in [2.75, 3.05) is 33.7 Å². The SMILES string of the molecule is CN=C(NCC(C)N(C)C1CC1)NC1CN(C(=O)OC(C)(C)C)C1. The zero-order valence-corrected chi connectivity index (χ0v) is 15.9. The zero-order valence-electron chi connectivity index (χ0n) is 15.9. The van der Waals surface area contributed by atoms with Gasteiger partial charge in [-0.3, -0.25) is 9.89 Å². The van der Waals surface area contributed by atoms with Gasteiger partial charge in [0.05, 0.1) is 6.04 Å². The Morgan fingerprint density at radius 1 is 1.38 bits per heavy atom. The molecule has 138 valence electrons. The molecule has 2 N–H and O–H groups in total. The minimum absolute atomic E-state index is 0.222. The first kappa shape index (κ1) is 18.8. The molecular formula is C17H33N5O2. The molecule has 24 heavy (non-hydrogen) atoms. The van der Waals surface area contributed by atoms with Gasteiger partial charge in [-0.2, -0.15) is 0 Å². The van der Waals surface area contributed by atoms with E-state index < -0.39 is 5.60 Å². The molecule has 0 spiro atoms. The van der Waals surface area contributed by atoms with E-state index in [2.05, 4.69) is 34.5 Å². The molecule has 1 saturated heterocycles. The van der Waals surface area contributed by atoms with Gasteiger partial charge in [-0.05, 0) is 47.6 Å². The van der Waals surface area contributed by atoms with Gasteiger partial charge in [0.25, 0.3) is 0 Å². The van der Waals surface area contributed by atoms with E-state index in [1.165, 1.54) is 12.8 Å². The van der Waals surface area contributed by atoms with Gasteiger partial charge in [-0.25, -0.2) is 4.79 Å². The number of ether oxygens (including phenoxy) is 1. The van der Waals surface area contributed by atoms with E-state index in [4.69, 9.17) is 4.74 Å². The largest absolute Gasteiger partial charge is 0.444 e. The molecular weight excluding hydrogens is 306 g/mol.